The lowest BCUT2D eigenvalue weighted by Gasteiger charge is -2.46. The minimum absolute atomic E-state index is 0.198. The minimum atomic E-state index is -1.78. The Morgan fingerprint density at radius 3 is 1.06 bits per heavy atom. The zero-order valence-corrected chi connectivity index (χ0v) is 61.0. The van der Waals surface area contributed by atoms with Crippen molar-refractivity contribution in [3.05, 3.63) is 24.3 Å². The lowest BCUT2D eigenvalue weighted by atomic mass is 9.97. The van der Waals surface area contributed by atoms with Gasteiger partial charge in [0.15, 0.2) is 12.6 Å². The number of ether oxygens (including phenoxy) is 4. The zero-order valence-electron chi connectivity index (χ0n) is 61.0. The van der Waals surface area contributed by atoms with Gasteiger partial charge in [0.2, 0.25) is 5.91 Å². The Labute approximate surface area is 577 Å². The van der Waals surface area contributed by atoms with Gasteiger partial charge in [-0.3, -0.25) is 4.79 Å². The van der Waals surface area contributed by atoms with Crippen molar-refractivity contribution >= 4 is 5.91 Å². The minimum Gasteiger partial charge on any atom is -0.394 e. The van der Waals surface area contributed by atoms with Gasteiger partial charge in [0.25, 0.3) is 0 Å². The number of allylic oxidation sites excluding steroid dienone is 4. The Morgan fingerprint density at radius 1 is 0.383 bits per heavy atom. The number of amides is 1. The highest BCUT2D eigenvalue weighted by Crippen LogP contribution is 2.30. The maximum Gasteiger partial charge on any atom is 0.220 e. The normalized spacial score (nSPS) is 22.5. The molecule has 12 unspecified atom stereocenters. The van der Waals surface area contributed by atoms with Crippen LogP contribution >= 0.6 is 0 Å². The number of aliphatic hydroxyl groups is 8. The maximum absolute atomic E-state index is 13.4. The molecule has 2 aliphatic heterocycles. The molecule has 2 fully saturated rings. The summed E-state index contributed by atoms with van der Waals surface area (Å²) in [6.07, 6.45) is 66.5. The molecule has 556 valence electrons. The number of hydrogen-bond donors (Lipinski definition) is 9. The van der Waals surface area contributed by atoms with Crippen LogP contribution in [0.3, 0.4) is 0 Å². The molecule has 0 aromatic carbocycles. The van der Waals surface area contributed by atoms with Crippen molar-refractivity contribution < 1.29 is 64.6 Å². The van der Waals surface area contributed by atoms with Crippen LogP contribution in [0.15, 0.2) is 24.3 Å². The summed E-state index contributed by atoms with van der Waals surface area (Å²) >= 11 is 0. The number of hydrogen-bond acceptors (Lipinski definition) is 13. The van der Waals surface area contributed by atoms with Crippen LogP contribution in [0.5, 0.6) is 0 Å². The van der Waals surface area contributed by atoms with Crippen molar-refractivity contribution in [2.75, 3.05) is 19.8 Å². The van der Waals surface area contributed by atoms with Crippen molar-refractivity contribution in [2.45, 2.75) is 460 Å². The van der Waals surface area contributed by atoms with Gasteiger partial charge in [0.1, 0.15) is 48.8 Å². The molecule has 2 aliphatic rings. The standard InChI is InChI=1S/C80H153NO13/c1-3-5-7-9-11-13-15-17-19-21-23-25-27-29-31-33-34-36-38-40-42-44-46-48-50-52-54-56-58-60-62-64-72(85)81-68(67-91-79-77(90)75(88)78(71(66-83)93-79)94-80-76(89)74(87)73(86)70(65-82)92-80)69(84)63-61-59-57-55-53-51-49-47-45-43-41-39-37-35-32-30-28-26-24-22-20-18-16-14-12-10-8-6-4-2/h15,17,21,23,68-71,73-80,82-84,86-90H,3-14,16,18-20,22,24-67H2,1-2H3,(H,81,85)/b17-15-,23-21-. The molecule has 1 amide bonds. The third-order valence-corrected chi connectivity index (χ3v) is 20.2. The topological polar surface area (TPSA) is 228 Å². The lowest BCUT2D eigenvalue weighted by molar-refractivity contribution is -0.359. The van der Waals surface area contributed by atoms with E-state index in [2.05, 4.69) is 43.5 Å². The summed E-state index contributed by atoms with van der Waals surface area (Å²) in [5.74, 6) is -0.198. The van der Waals surface area contributed by atoms with E-state index in [1.54, 1.807) is 0 Å². The molecule has 14 heteroatoms. The monoisotopic (exact) mass is 1340 g/mol. The van der Waals surface area contributed by atoms with Crippen molar-refractivity contribution in [1.29, 1.82) is 0 Å². The van der Waals surface area contributed by atoms with Crippen LogP contribution in [0.4, 0.5) is 0 Å². The first kappa shape index (κ1) is 88.6. The van der Waals surface area contributed by atoms with Crippen LogP contribution in [0.2, 0.25) is 0 Å². The molecule has 2 heterocycles. The summed E-state index contributed by atoms with van der Waals surface area (Å²) in [7, 11) is 0. The highest BCUT2D eigenvalue weighted by Gasteiger charge is 2.51. The van der Waals surface area contributed by atoms with E-state index in [0.29, 0.717) is 12.8 Å². The van der Waals surface area contributed by atoms with Crippen LogP contribution in [-0.2, 0) is 23.7 Å². The number of rotatable bonds is 69. The summed E-state index contributed by atoms with van der Waals surface area (Å²) in [5, 5.41) is 87.9. The predicted octanol–water partition coefficient (Wildman–Crippen LogP) is 18.3. The molecule has 9 N–H and O–H groups in total. The molecule has 0 aromatic heterocycles. The van der Waals surface area contributed by atoms with E-state index in [4.69, 9.17) is 18.9 Å². The van der Waals surface area contributed by atoms with Crippen molar-refractivity contribution in [3.63, 3.8) is 0 Å². The first-order valence-electron chi connectivity index (χ1n) is 40.6. The highest BCUT2D eigenvalue weighted by molar-refractivity contribution is 5.76. The van der Waals surface area contributed by atoms with E-state index in [0.717, 1.165) is 57.8 Å². The summed E-state index contributed by atoms with van der Waals surface area (Å²) < 4.78 is 23.0. The van der Waals surface area contributed by atoms with Gasteiger partial charge in [0.05, 0.1) is 32.0 Å². The SMILES string of the molecule is CCCCCCC/C=C\C/C=C\CCCCCCCCCCCCCCCCCCCCCC(=O)NC(COC1OC(CO)C(OC2OC(CO)C(O)C(O)C2O)C(O)C1O)C(O)CCCCCCCCCCCCCCCCCCCCCCCCCCCCCCC. The van der Waals surface area contributed by atoms with E-state index in [9.17, 15) is 45.6 Å². The second-order valence-electron chi connectivity index (χ2n) is 28.9. The molecular formula is C80H153NO13. The maximum atomic E-state index is 13.4. The van der Waals surface area contributed by atoms with Crippen molar-refractivity contribution in [1.82, 2.24) is 5.32 Å². The van der Waals surface area contributed by atoms with E-state index in [1.165, 1.54) is 302 Å². The van der Waals surface area contributed by atoms with Crippen LogP contribution in [-0.4, -0.2) is 140 Å². The molecule has 14 nitrogen and oxygen atoms in total. The largest absolute Gasteiger partial charge is 0.394 e. The van der Waals surface area contributed by atoms with Crippen LogP contribution in [0.1, 0.15) is 386 Å². The third-order valence-electron chi connectivity index (χ3n) is 20.2. The molecule has 12 atom stereocenters. The number of carbonyl (C=O) groups excluding carboxylic acids is 1. The fourth-order valence-electron chi connectivity index (χ4n) is 13.7. The molecule has 0 aromatic rings. The van der Waals surface area contributed by atoms with Crippen molar-refractivity contribution in [2.24, 2.45) is 0 Å². The van der Waals surface area contributed by atoms with Crippen LogP contribution < -0.4 is 5.32 Å². The number of nitrogens with one attached hydrogen (secondary N) is 1. The fourth-order valence-corrected chi connectivity index (χ4v) is 13.7. The van der Waals surface area contributed by atoms with Crippen LogP contribution in [0.25, 0.3) is 0 Å². The molecule has 0 spiro atoms. The van der Waals surface area contributed by atoms with E-state index < -0.39 is 86.8 Å². The molecule has 0 saturated carbocycles. The first-order chi connectivity index (χ1) is 46.1. The third kappa shape index (κ3) is 47.5. The summed E-state index contributed by atoms with van der Waals surface area (Å²) in [5.41, 5.74) is 0. The first-order valence-corrected chi connectivity index (χ1v) is 40.6. The number of unbranched alkanes of at least 4 members (excludes halogenated alkanes) is 52. The second-order valence-corrected chi connectivity index (χ2v) is 28.9. The number of carbonyl (C=O) groups is 1. The fraction of sp³-hybridized carbons (Fsp3) is 0.938. The van der Waals surface area contributed by atoms with E-state index in [1.807, 2.05) is 0 Å². The molecule has 0 aliphatic carbocycles. The quantitative estimate of drug-likeness (QED) is 0.0204. The zero-order chi connectivity index (χ0) is 68.0. The molecule has 2 saturated heterocycles. The van der Waals surface area contributed by atoms with Gasteiger partial charge in [0, 0.05) is 6.42 Å². The molecule has 0 radical (unpaired) electrons. The van der Waals surface area contributed by atoms with E-state index in [-0.39, 0.29) is 12.5 Å². The van der Waals surface area contributed by atoms with E-state index >= 15 is 0 Å². The van der Waals surface area contributed by atoms with Gasteiger partial charge < -0.3 is 65.1 Å². The van der Waals surface area contributed by atoms with Gasteiger partial charge >= 0.3 is 0 Å². The van der Waals surface area contributed by atoms with Gasteiger partial charge in [-0.05, 0) is 44.9 Å². The average molecular weight is 1340 g/mol. The molecule has 0 bridgehead atoms. The van der Waals surface area contributed by atoms with Crippen molar-refractivity contribution in [3.8, 4) is 0 Å². The second kappa shape index (κ2) is 64.8. The Hall–Kier alpha value is -1.53. The number of aliphatic hydroxyl groups excluding tert-OH is 8. The van der Waals surface area contributed by atoms with Crippen LogP contribution in [0, 0.1) is 0 Å². The van der Waals surface area contributed by atoms with Gasteiger partial charge in [-0.2, -0.15) is 0 Å². The smallest absolute Gasteiger partial charge is 0.220 e. The van der Waals surface area contributed by atoms with Gasteiger partial charge in [-0.1, -0.05) is 359 Å². The summed E-state index contributed by atoms with van der Waals surface area (Å²) in [6, 6.07) is -0.828. The Bertz CT molecular complexity index is 1670. The van der Waals surface area contributed by atoms with Gasteiger partial charge in [-0.15, -0.1) is 0 Å². The Kier molecular flexibility index (Phi) is 61.1. The molecule has 94 heavy (non-hydrogen) atoms. The predicted molar refractivity (Wildman–Crippen MR) is 388 cm³/mol. The summed E-state index contributed by atoms with van der Waals surface area (Å²) in [6.45, 7) is 2.92. The molecular weight excluding hydrogens is 1180 g/mol. The Morgan fingerprint density at radius 2 is 0.702 bits per heavy atom. The highest BCUT2D eigenvalue weighted by atomic mass is 16.7. The lowest BCUT2D eigenvalue weighted by Crippen LogP contribution is -2.65. The summed E-state index contributed by atoms with van der Waals surface area (Å²) in [4.78, 5) is 13.4. The average Bonchev–Trinajstić information content (AvgIpc) is 0.794. The Balaban J connectivity index is 1.60. The molecule has 2 rings (SSSR count). The van der Waals surface area contributed by atoms with Gasteiger partial charge in [-0.25, -0.2) is 0 Å².